The highest BCUT2D eigenvalue weighted by Gasteiger charge is 2.30. The van der Waals surface area contributed by atoms with Crippen LogP contribution in [0.2, 0.25) is 0 Å². The molecule has 24 heavy (non-hydrogen) atoms. The Labute approximate surface area is 140 Å². The Morgan fingerprint density at radius 3 is 2.71 bits per heavy atom. The molecule has 4 heterocycles. The standard InChI is InChI=1S/C16H20N6O2/c23-16(13-3-1-10-24-13)21-8-6-20(7-9-21)14-11-15(18-12-17-14)22-5-2-4-19-22/h2,4-5,11-13H,1,3,6-10H2. The predicted molar refractivity (Wildman–Crippen MR) is 86.9 cm³/mol. The second-order valence-corrected chi connectivity index (χ2v) is 6.00. The number of hydrogen-bond donors (Lipinski definition) is 0. The third-order valence-corrected chi connectivity index (χ3v) is 4.50. The first-order chi connectivity index (χ1) is 11.8. The van der Waals surface area contributed by atoms with E-state index in [1.807, 2.05) is 23.2 Å². The summed E-state index contributed by atoms with van der Waals surface area (Å²) in [6.45, 7) is 3.61. The molecule has 2 aliphatic heterocycles. The first-order valence-corrected chi connectivity index (χ1v) is 8.29. The maximum atomic E-state index is 12.4. The van der Waals surface area contributed by atoms with E-state index in [9.17, 15) is 4.79 Å². The zero-order valence-corrected chi connectivity index (χ0v) is 13.4. The van der Waals surface area contributed by atoms with Crippen molar-refractivity contribution in [3.05, 3.63) is 30.9 Å². The summed E-state index contributed by atoms with van der Waals surface area (Å²) in [5.74, 6) is 1.73. The fourth-order valence-corrected chi connectivity index (χ4v) is 3.17. The van der Waals surface area contributed by atoms with E-state index in [-0.39, 0.29) is 12.0 Å². The second kappa shape index (κ2) is 6.56. The summed E-state index contributed by atoms with van der Waals surface area (Å²) in [5.41, 5.74) is 0. The zero-order chi connectivity index (χ0) is 16.4. The van der Waals surface area contributed by atoms with Crippen molar-refractivity contribution >= 4 is 11.7 Å². The van der Waals surface area contributed by atoms with Crippen LogP contribution in [-0.2, 0) is 9.53 Å². The van der Waals surface area contributed by atoms with Gasteiger partial charge in [0.25, 0.3) is 5.91 Å². The van der Waals surface area contributed by atoms with E-state index in [0.29, 0.717) is 19.7 Å². The summed E-state index contributed by atoms with van der Waals surface area (Å²) in [7, 11) is 0. The molecule has 4 rings (SSSR count). The van der Waals surface area contributed by atoms with Crippen molar-refractivity contribution in [3.63, 3.8) is 0 Å². The van der Waals surface area contributed by atoms with Crippen molar-refractivity contribution in [1.82, 2.24) is 24.6 Å². The quantitative estimate of drug-likeness (QED) is 0.816. The molecule has 8 nitrogen and oxygen atoms in total. The van der Waals surface area contributed by atoms with Crippen molar-refractivity contribution in [2.75, 3.05) is 37.7 Å². The molecule has 1 amide bonds. The molecule has 0 spiro atoms. The number of anilines is 1. The van der Waals surface area contributed by atoms with Gasteiger partial charge in [0.15, 0.2) is 5.82 Å². The lowest BCUT2D eigenvalue weighted by Crippen LogP contribution is -2.51. The van der Waals surface area contributed by atoms with Crippen LogP contribution in [0.4, 0.5) is 5.82 Å². The van der Waals surface area contributed by atoms with E-state index in [1.54, 1.807) is 17.2 Å². The molecule has 0 N–H and O–H groups in total. The van der Waals surface area contributed by atoms with Crippen molar-refractivity contribution in [3.8, 4) is 5.82 Å². The number of carbonyl (C=O) groups is 1. The third kappa shape index (κ3) is 2.96. The average Bonchev–Trinajstić information content (AvgIpc) is 3.35. The monoisotopic (exact) mass is 328 g/mol. The molecule has 0 saturated carbocycles. The van der Waals surface area contributed by atoms with Crippen molar-refractivity contribution in [2.24, 2.45) is 0 Å². The minimum atomic E-state index is -0.234. The molecular formula is C16H20N6O2. The normalized spacial score (nSPS) is 21.2. The van der Waals surface area contributed by atoms with Crippen molar-refractivity contribution in [2.45, 2.75) is 18.9 Å². The SMILES string of the molecule is O=C(C1CCCO1)N1CCN(c2cc(-n3cccn3)ncn2)CC1. The number of rotatable bonds is 3. The van der Waals surface area contributed by atoms with E-state index in [4.69, 9.17) is 4.74 Å². The first kappa shape index (κ1) is 15.1. The molecule has 2 aliphatic rings. The van der Waals surface area contributed by atoms with Gasteiger partial charge >= 0.3 is 0 Å². The van der Waals surface area contributed by atoms with Crippen molar-refractivity contribution < 1.29 is 9.53 Å². The van der Waals surface area contributed by atoms with Gasteiger partial charge in [-0.1, -0.05) is 0 Å². The number of carbonyl (C=O) groups excluding carboxylic acids is 1. The van der Waals surface area contributed by atoms with Gasteiger partial charge in [-0.3, -0.25) is 4.79 Å². The Balaban J connectivity index is 1.41. The Hall–Kier alpha value is -2.48. The largest absolute Gasteiger partial charge is 0.368 e. The van der Waals surface area contributed by atoms with Crippen LogP contribution < -0.4 is 4.90 Å². The lowest BCUT2D eigenvalue weighted by Gasteiger charge is -2.36. The van der Waals surface area contributed by atoms with Gasteiger partial charge in [-0.2, -0.15) is 5.10 Å². The number of nitrogens with zero attached hydrogens (tertiary/aromatic N) is 6. The lowest BCUT2D eigenvalue weighted by molar-refractivity contribution is -0.141. The summed E-state index contributed by atoms with van der Waals surface area (Å²) >= 11 is 0. The molecule has 0 radical (unpaired) electrons. The van der Waals surface area contributed by atoms with Gasteiger partial charge in [0, 0.05) is 51.2 Å². The van der Waals surface area contributed by atoms with Crippen LogP contribution in [0.15, 0.2) is 30.9 Å². The van der Waals surface area contributed by atoms with Crippen LogP contribution in [0.5, 0.6) is 0 Å². The highest BCUT2D eigenvalue weighted by molar-refractivity contribution is 5.81. The van der Waals surface area contributed by atoms with Crippen LogP contribution in [0.1, 0.15) is 12.8 Å². The molecule has 0 bridgehead atoms. The van der Waals surface area contributed by atoms with Gasteiger partial charge in [-0.15, -0.1) is 0 Å². The molecule has 1 atom stereocenters. The molecule has 1 unspecified atom stereocenters. The van der Waals surface area contributed by atoms with Gasteiger partial charge in [0.1, 0.15) is 18.2 Å². The number of hydrogen-bond acceptors (Lipinski definition) is 6. The van der Waals surface area contributed by atoms with E-state index in [2.05, 4.69) is 20.0 Å². The van der Waals surface area contributed by atoms with Crippen LogP contribution in [0.25, 0.3) is 5.82 Å². The molecule has 0 aromatic carbocycles. The molecule has 8 heteroatoms. The molecule has 2 saturated heterocycles. The Bertz CT molecular complexity index is 690. The molecule has 2 fully saturated rings. The van der Waals surface area contributed by atoms with E-state index in [0.717, 1.165) is 37.6 Å². The molecule has 126 valence electrons. The molecule has 0 aliphatic carbocycles. The van der Waals surface area contributed by atoms with Crippen LogP contribution >= 0.6 is 0 Å². The van der Waals surface area contributed by atoms with Gasteiger partial charge in [0.05, 0.1) is 0 Å². The predicted octanol–water partition coefficient (Wildman–Crippen LogP) is 0.490. The first-order valence-electron chi connectivity index (χ1n) is 8.29. The van der Waals surface area contributed by atoms with Gasteiger partial charge in [0.2, 0.25) is 0 Å². The number of ether oxygens (including phenoxy) is 1. The second-order valence-electron chi connectivity index (χ2n) is 6.00. The minimum Gasteiger partial charge on any atom is -0.368 e. The minimum absolute atomic E-state index is 0.132. The van der Waals surface area contributed by atoms with Crippen LogP contribution in [-0.4, -0.2) is 69.4 Å². The Morgan fingerprint density at radius 1 is 1.17 bits per heavy atom. The van der Waals surface area contributed by atoms with Gasteiger partial charge in [-0.25, -0.2) is 14.6 Å². The van der Waals surface area contributed by atoms with E-state index >= 15 is 0 Å². The maximum absolute atomic E-state index is 12.4. The Kier molecular flexibility index (Phi) is 4.12. The molecular weight excluding hydrogens is 308 g/mol. The topological polar surface area (TPSA) is 76.4 Å². The summed E-state index contributed by atoms with van der Waals surface area (Å²) in [5, 5.41) is 4.19. The fraction of sp³-hybridized carbons (Fsp3) is 0.500. The molecule has 2 aromatic rings. The third-order valence-electron chi connectivity index (χ3n) is 4.50. The fourth-order valence-electron chi connectivity index (χ4n) is 3.17. The Morgan fingerprint density at radius 2 is 2.00 bits per heavy atom. The van der Waals surface area contributed by atoms with E-state index in [1.165, 1.54) is 0 Å². The summed E-state index contributed by atoms with van der Waals surface area (Å²) < 4.78 is 7.21. The lowest BCUT2D eigenvalue weighted by atomic mass is 10.2. The number of piperazine rings is 1. The average molecular weight is 328 g/mol. The summed E-state index contributed by atoms with van der Waals surface area (Å²) in [4.78, 5) is 25.1. The summed E-state index contributed by atoms with van der Waals surface area (Å²) in [6, 6.07) is 3.78. The summed E-state index contributed by atoms with van der Waals surface area (Å²) in [6.07, 6.45) is 6.71. The van der Waals surface area contributed by atoms with E-state index < -0.39 is 0 Å². The van der Waals surface area contributed by atoms with Gasteiger partial charge in [-0.05, 0) is 18.9 Å². The highest BCUT2D eigenvalue weighted by Crippen LogP contribution is 2.19. The highest BCUT2D eigenvalue weighted by atomic mass is 16.5. The number of amides is 1. The van der Waals surface area contributed by atoms with Gasteiger partial charge < -0.3 is 14.5 Å². The smallest absolute Gasteiger partial charge is 0.251 e. The molecule has 2 aromatic heterocycles. The van der Waals surface area contributed by atoms with Crippen molar-refractivity contribution in [1.29, 1.82) is 0 Å². The number of aromatic nitrogens is 4. The maximum Gasteiger partial charge on any atom is 0.251 e. The van der Waals surface area contributed by atoms with Crippen LogP contribution in [0, 0.1) is 0 Å². The van der Waals surface area contributed by atoms with Crippen LogP contribution in [0.3, 0.4) is 0 Å². The zero-order valence-electron chi connectivity index (χ0n) is 13.4.